The van der Waals surface area contributed by atoms with Gasteiger partial charge in [-0.15, -0.1) is 0 Å². The van der Waals surface area contributed by atoms with Crippen molar-refractivity contribution in [2.24, 2.45) is 0 Å². The summed E-state index contributed by atoms with van der Waals surface area (Å²) in [6, 6.07) is 30.1. The second-order valence-electron chi connectivity index (χ2n) is 9.85. The predicted octanol–water partition coefficient (Wildman–Crippen LogP) is 6.66. The number of hydrogen-bond acceptors (Lipinski definition) is 6. The monoisotopic (exact) mass is 591 g/mol. The van der Waals surface area contributed by atoms with E-state index in [1.165, 1.54) is 12.1 Å². The molecule has 0 spiro atoms. The lowest BCUT2D eigenvalue weighted by molar-refractivity contribution is -0.134. The summed E-state index contributed by atoms with van der Waals surface area (Å²) < 4.78 is 32.8. The van der Waals surface area contributed by atoms with Gasteiger partial charge < -0.3 is 9.84 Å². The lowest BCUT2D eigenvalue weighted by Gasteiger charge is -2.26. The molecule has 0 radical (unpaired) electrons. The lowest BCUT2D eigenvalue weighted by Crippen LogP contribution is -2.30. The fourth-order valence-electron chi connectivity index (χ4n) is 4.61. The third-order valence-corrected chi connectivity index (χ3v) is 8.76. The number of hydrogen-bond donors (Lipinski definition) is 1. The molecule has 1 N–H and O–H groups in total. The van der Waals surface area contributed by atoms with E-state index in [0.717, 1.165) is 11.1 Å². The largest absolute Gasteiger partial charge is 0.426 e. The predicted molar refractivity (Wildman–Crippen MR) is 161 cm³/mol. The van der Waals surface area contributed by atoms with Crippen LogP contribution in [0.25, 0.3) is 0 Å². The highest BCUT2D eigenvalue weighted by atomic mass is 35.5. The second kappa shape index (κ2) is 14.4. The first kappa shape index (κ1) is 30.5. The zero-order valence-electron chi connectivity index (χ0n) is 22.9. The number of benzene rings is 4. The molecule has 0 aliphatic carbocycles. The van der Waals surface area contributed by atoms with E-state index in [2.05, 4.69) is 4.90 Å². The molecule has 4 aromatic carbocycles. The maximum Gasteiger partial charge on any atom is 0.311 e. The Labute approximate surface area is 247 Å². The van der Waals surface area contributed by atoms with Crippen LogP contribution in [0, 0.1) is 0 Å². The van der Waals surface area contributed by atoms with Gasteiger partial charge in [0, 0.05) is 31.1 Å². The summed E-state index contributed by atoms with van der Waals surface area (Å²) in [7, 11) is -3.89. The maximum atomic E-state index is 13.7. The van der Waals surface area contributed by atoms with Crippen LogP contribution >= 0.6 is 11.6 Å². The molecule has 0 aromatic heterocycles. The molecule has 0 fully saturated rings. The van der Waals surface area contributed by atoms with Gasteiger partial charge in [0.1, 0.15) is 5.75 Å². The molecular weight excluding hydrogens is 558 g/mol. The molecule has 1 unspecified atom stereocenters. The number of ether oxygens (including phenoxy) is 1. The Morgan fingerprint density at radius 3 is 2.41 bits per heavy atom. The van der Waals surface area contributed by atoms with E-state index in [1.54, 1.807) is 36.4 Å². The Balaban J connectivity index is 1.56. The summed E-state index contributed by atoms with van der Waals surface area (Å²) >= 11 is 6.15. The Hall–Kier alpha value is -3.49. The first-order valence-corrected chi connectivity index (χ1v) is 15.5. The number of rotatable bonds is 13. The molecule has 1 atom stereocenters. The van der Waals surface area contributed by atoms with Gasteiger partial charge >= 0.3 is 5.97 Å². The fourth-order valence-corrected chi connectivity index (χ4v) is 6.36. The lowest BCUT2D eigenvalue weighted by atomic mass is 10.1. The van der Waals surface area contributed by atoms with Crippen LogP contribution < -0.4 is 4.74 Å². The molecule has 0 saturated heterocycles. The summed E-state index contributed by atoms with van der Waals surface area (Å²) in [5.41, 5.74) is 2.47. The number of carbonyl (C=O) groups is 1. The highest BCUT2D eigenvalue weighted by Gasteiger charge is 2.23. The van der Waals surface area contributed by atoms with Gasteiger partial charge in [0.05, 0.1) is 15.9 Å². The molecule has 0 amide bonds. The molecule has 6 nitrogen and oxygen atoms in total. The Morgan fingerprint density at radius 1 is 0.927 bits per heavy atom. The molecular formula is C33H34ClNO5S. The Bertz CT molecular complexity index is 1560. The molecule has 41 heavy (non-hydrogen) atoms. The van der Waals surface area contributed by atoms with Crippen LogP contribution in [-0.4, -0.2) is 37.5 Å². The third kappa shape index (κ3) is 8.50. The standard InChI is InChI=1S/C33H34ClNO5S/c1-2-10-33(37)40-29-16-9-17-30(22-29)41(38,39)32-18-7-6-13-26(32)19-20-35(23-25-11-4-3-5-12-25)24-31(36)27-14-8-15-28(34)21-27/h3-9,11-18,21-22,31,36H,2,10,19-20,23-24H2,1H3. The molecule has 0 saturated carbocycles. The normalized spacial score (nSPS) is 12.3. The smallest absolute Gasteiger partial charge is 0.311 e. The van der Waals surface area contributed by atoms with Crippen molar-refractivity contribution in [1.82, 2.24) is 4.90 Å². The van der Waals surface area contributed by atoms with Gasteiger partial charge in [0.2, 0.25) is 9.84 Å². The topological polar surface area (TPSA) is 83.9 Å². The third-order valence-electron chi connectivity index (χ3n) is 6.67. The number of esters is 1. The SMILES string of the molecule is CCCC(=O)Oc1cccc(S(=O)(=O)c2ccccc2CCN(Cc2ccccc2)CC(O)c2cccc(Cl)c2)c1. The molecule has 4 rings (SSSR count). The average molecular weight is 592 g/mol. The van der Waals surface area contributed by atoms with E-state index in [-0.39, 0.29) is 22.0 Å². The van der Waals surface area contributed by atoms with Crippen molar-refractivity contribution in [3.8, 4) is 5.75 Å². The van der Waals surface area contributed by atoms with E-state index < -0.39 is 21.9 Å². The fraction of sp³-hybridized carbons (Fsp3) is 0.242. The molecule has 4 aromatic rings. The Kier molecular flexibility index (Phi) is 10.7. The van der Waals surface area contributed by atoms with Crippen molar-refractivity contribution < 1.29 is 23.1 Å². The molecule has 0 bridgehead atoms. The van der Waals surface area contributed by atoms with Gasteiger partial charge in [0.15, 0.2) is 0 Å². The van der Waals surface area contributed by atoms with Crippen LogP contribution in [0.2, 0.25) is 5.02 Å². The van der Waals surface area contributed by atoms with Crippen molar-refractivity contribution in [3.63, 3.8) is 0 Å². The number of aliphatic hydroxyl groups excluding tert-OH is 1. The summed E-state index contributed by atoms with van der Waals surface area (Å²) in [6.45, 7) is 3.31. The van der Waals surface area contributed by atoms with Gasteiger partial charge in [-0.1, -0.05) is 85.3 Å². The number of sulfone groups is 1. The van der Waals surface area contributed by atoms with Gasteiger partial charge in [-0.2, -0.15) is 0 Å². The van der Waals surface area contributed by atoms with Crippen LogP contribution in [0.15, 0.2) is 113 Å². The summed E-state index contributed by atoms with van der Waals surface area (Å²) in [5, 5.41) is 11.6. The van der Waals surface area contributed by atoms with E-state index in [0.29, 0.717) is 43.1 Å². The van der Waals surface area contributed by atoms with Crippen molar-refractivity contribution in [1.29, 1.82) is 0 Å². The Morgan fingerprint density at radius 2 is 1.66 bits per heavy atom. The molecule has 0 aliphatic heterocycles. The zero-order chi connectivity index (χ0) is 29.2. The number of nitrogens with zero attached hydrogens (tertiary/aromatic N) is 1. The van der Waals surface area contributed by atoms with Crippen molar-refractivity contribution in [2.75, 3.05) is 13.1 Å². The van der Waals surface area contributed by atoms with E-state index in [4.69, 9.17) is 16.3 Å². The molecule has 8 heteroatoms. The van der Waals surface area contributed by atoms with E-state index in [9.17, 15) is 18.3 Å². The molecule has 214 valence electrons. The van der Waals surface area contributed by atoms with Gasteiger partial charge in [0.25, 0.3) is 0 Å². The zero-order valence-corrected chi connectivity index (χ0v) is 24.5. The average Bonchev–Trinajstić information content (AvgIpc) is 2.97. The van der Waals surface area contributed by atoms with Gasteiger partial charge in [-0.3, -0.25) is 9.69 Å². The van der Waals surface area contributed by atoms with Gasteiger partial charge in [-0.05, 0) is 65.9 Å². The number of halogens is 1. The van der Waals surface area contributed by atoms with Crippen LogP contribution in [0.4, 0.5) is 0 Å². The van der Waals surface area contributed by atoms with Crippen molar-refractivity contribution in [3.05, 3.63) is 125 Å². The maximum absolute atomic E-state index is 13.7. The second-order valence-corrected chi connectivity index (χ2v) is 12.2. The number of carbonyl (C=O) groups excluding carboxylic acids is 1. The van der Waals surface area contributed by atoms with Crippen LogP contribution in [0.3, 0.4) is 0 Å². The minimum absolute atomic E-state index is 0.0595. The highest BCUT2D eigenvalue weighted by Crippen LogP contribution is 2.28. The first-order valence-electron chi connectivity index (χ1n) is 13.6. The summed E-state index contributed by atoms with van der Waals surface area (Å²) in [6.07, 6.45) is 0.567. The minimum atomic E-state index is -3.89. The number of aliphatic hydroxyl groups is 1. The summed E-state index contributed by atoms with van der Waals surface area (Å²) in [5.74, 6) is -0.202. The van der Waals surface area contributed by atoms with Crippen molar-refractivity contribution in [2.45, 2.75) is 48.6 Å². The highest BCUT2D eigenvalue weighted by molar-refractivity contribution is 7.91. The quantitative estimate of drug-likeness (QED) is 0.138. The first-order chi connectivity index (χ1) is 19.8. The molecule has 0 heterocycles. The van der Waals surface area contributed by atoms with E-state index in [1.807, 2.05) is 61.5 Å². The van der Waals surface area contributed by atoms with Crippen LogP contribution in [0.1, 0.15) is 42.6 Å². The van der Waals surface area contributed by atoms with E-state index >= 15 is 0 Å². The molecule has 0 aliphatic rings. The van der Waals surface area contributed by atoms with Crippen molar-refractivity contribution >= 4 is 27.4 Å². The summed E-state index contributed by atoms with van der Waals surface area (Å²) in [4.78, 5) is 14.3. The minimum Gasteiger partial charge on any atom is -0.426 e. The van der Waals surface area contributed by atoms with Crippen LogP contribution in [-0.2, 0) is 27.6 Å². The van der Waals surface area contributed by atoms with Gasteiger partial charge in [-0.25, -0.2) is 8.42 Å². The van der Waals surface area contributed by atoms with Crippen LogP contribution in [0.5, 0.6) is 5.75 Å².